The normalized spacial score (nSPS) is 22.8. The Bertz CT molecular complexity index is 1260. The first kappa shape index (κ1) is 22.6. The molecule has 0 aliphatic carbocycles. The van der Waals surface area contributed by atoms with Crippen molar-refractivity contribution in [3.63, 3.8) is 0 Å². The molecule has 35 heavy (non-hydrogen) atoms. The van der Waals surface area contributed by atoms with Crippen molar-refractivity contribution in [1.82, 2.24) is 25.5 Å². The van der Waals surface area contributed by atoms with Gasteiger partial charge in [-0.3, -0.25) is 0 Å². The number of tetrazole rings is 1. The van der Waals surface area contributed by atoms with Crippen molar-refractivity contribution in [2.24, 2.45) is 0 Å². The molecule has 1 aromatic heterocycles. The van der Waals surface area contributed by atoms with Crippen LogP contribution in [0.1, 0.15) is 11.6 Å². The van der Waals surface area contributed by atoms with Crippen LogP contribution in [-0.4, -0.2) is 71.8 Å². The average molecular weight is 476 g/mol. The number of nitriles is 1. The van der Waals surface area contributed by atoms with Crippen LogP contribution in [0.25, 0.3) is 0 Å². The number of aromatic nitrogens is 4. The second kappa shape index (κ2) is 9.57. The van der Waals surface area contributed by atoms with E-state index in [1.54, 1.807) is 28.9 Å². The van der Waals surface area contributed by atoms with Gasteiger partial charge in [-0.1, -0.05) is 17.2 Å². The molecule has 3 aromatic rings. The van der Waals surface area contributed by atoms with Gasteiger partial charge in [-0.2, -0.15) is 9.94 Å². The van der Waals surface area contributed by atoms with Crippen LogP contribution in [-0.2, 0) is 9.47 Å². The van der Waals surface area contributed by atoms with E-state index in [4.69, 9.17) is 19.5 Å². The van der Waals surface area contributed by atoms with Crippen LogP contribution in [0.3, 0.4) is 0 Å². The average Bonchev–Trinajstić information content (AvgIpc) is 3.57. The number of hydrogen-bond donors (Lipinski definition) is 2. The van der Waals surface area contributed by atoms with E-state index in [0.717, 1.165) is 5.69 Å². The Kier molecular flexibility index (Phi) is 6.17. The number of fused-ring (bicyclic) bond motifs is 1. The van der Waals surface area contributed by atoms with E-state index in [-0.39, 0.29) is 36.9 Å². The summed E-state index contributed by atoms with van der Waals surface area (Å²) in [7, 11) is 3.90. The second-order valence-corrected chi connectivity index (χ2v) is 8.46. The summed E-state index contributed by atoms with van der Waals surface area (Å²) in [4.78, 5) is 14.5. The lowest BCUT2D eigenvalue weighted by molar-refractivity contribution is 0.0613. The number of nitrogens with zero attached hydrogens (tertiary/aromatic N) is 6. The highest BCUT2D eigenvalue weighted by atomic mass is 16.6. The highest BCUT2D eigenvalue weighted by Crippen LogP contribution is 2.36. The molecule has 5 rings (SSSR count). The smallest absolute Gasteiger partial charge is 0.341 e. The summed E-state index contributed by atoms with van der Waals surface area (Å²) >= 11 is 0. The minimum absolute atomic E-state index is 0.227. The van der Waals surface area contributed by atoms with Crippen LogP contribution in [0.5, 0.6) is 11.8 Å². The lowest BCUT2D eigenvalue weighted by atomic mass is 10.1. The Morgan fingerprint density at radius 3 is 2.83 bits per heavy atom. The van der Waals surface area contributed by atoms with Gasteiger partial charge in [0.1, 0.15) is 24.0 Å². The summed E-state index contributed by atoms with van der Waals surface area (Å²) in [5.41, 5.74) is 1.97. The zero-order valence-corrected chi connectivity index (χ0v) is 19.2. The van der Waals surface area contributed by atoms with Crippen LogP contribution in [0.15, 0.2) is 48.5 Å². The third-order valence-corrected chi connectivity index (χ3v) is 5.91. The van der Waals surface area contributed by atoms with Gasteiger partial charge < -0.3 is 29.7 Å². The Balaban J connectivity index is 1.24. The number of carbonyl (C=O) groups is 1. The van der Waals surface area contributed by atoms with E-state index in [1.807, 2.05) is 49.3 Å². The van der Waals surface area contributed by atoms with E-state index in [9.17, 15) is 4.79 Å². The Hall–Kier alpha value is -4.21. The SMILES string of the molecule is CN(C)c1cccc(Oc2nnnn2C2COC3C(NC(=O)Nc4cccc(C#N)c4)COC32)c1. The minimum Gasteiger partial charge on any atom is -0.423 e. The molecule has 3 heterocycles. The first-order valence-electron chi connectivity index (χ1n) is 11.1. The van der Waals surface area contributed by atoms with E-state index >= 15 is 0 Å². The standard InChI is InChI=1S/C23H24N8O4/c1-30(2)16-7-4-8-17(10-16)35-23-27-28-29-31(23)19-13-34-20-18(12-33-21(19)20)26-22(32)25-15-6-3-5-14(9-15)11-24/h3-10,18-21H,12-13H2,1-2H3,(H2,25,26,32). The number of urea groups is 1. The first-order chi connectivity index (χ1) is 17.0. The number of amides is 2. The van der Waals surface area contributed by atoms with Gasteiger partial charge in [0.25, 0.3) is 0 Å². The third-order valence-electron chi connectivity index (χ3n) is 5.91. The fourth-order valence-electron chi connectivity index (χ4n) is 4.21. The number of rotatable bonds is 6. The maximum Gasteiger partial charge on any atom is 0.341 e. The molecule has 2 fully saturated rings. The van der Waals surface area contributed by atoms with Crippen LogP contribution in [0.4, 0.5) is 16.2 Å². The summed E-state index contributed by atoms with van der Waals surface area (Å²) < 4.78 is 19.5. The van der Waals surface area contributed by atoms with E-state index < -0.39 is 6.03 Å². The van der Waals surface area contributed by atoms with Gasteiger partial charge in [-0.25, -0.2) is 4.79 Å². The number of benzene rings is 2. The predicted molar refractivity (Wildman–Crippen MR) is 124 cm³/mol. The Labute approximate surface area is 201 Å². The molecule has 0 radical (unpaired) electrons. The molecule has 2 saturated heterocycles. The van der Waals surface area contributed by atoms with Crippen molar-refractivity contribution in [2.45, 2.75) is 24.3 Å². The van der Waals surface area contributed by atoms with E-state index in [1.165, 1.54) is 0 Å². The zero-order chi connectivity index (χ0) is 24.4. The van der Waals surface area contributed by atoms with Gasteiger partial charge in [0, 0.05) is 31.5 Å². The predicted octanol–water partition coefficient (Wildman–Crippen LogP) is 1.93. The number of anilines is 2. The van der Waals surface area contributed by atoms with Crippen LogP contribution < -0.4 is 20.3 Å². The zero-order valence-electron chi connectivity index (χ0n) is 19.2. The molecule has 0 spiro atoms. The quantitative estimate of drug-likeness (QED) is 0.546. The Morgan fingerprint density at radius 1 is 1.17 bits per heavy atom. The molecule has 0 saturated carbocycles. The van der Waals surface area contributed by atoms with Crippen molar-refractivity contribution in [1.29, 1.82) is 5.26 Å². The summed E-state index contributed by atoms with van der Waals surface area (Å²) in [6.45, 7) is 0.583. The lowest BCUT2D eigenvalue weighted by Gasteiger charge is -2.18. The fraction of sp³-hybridized carbons (Fsp3) is 0.348. The summed E-state index contributed by atoms with van der Waals surface area (Å²) in [5.74, 6) is 0.603. The molecule has 2 aliphatic heterocycles. The molecule has 2 N–H and O–H groups in total. The van der Waals surface area contributed by atoms with E-state index in [2.05, 4.69) is 26.2 Å². The van der Waals surface area contributed by atoms with Crippen LogP contribution in [0.2, 0.25) is 0 Å². The van der Waals surface area contributed by atoms with Gasteiger partial charge in [0.2, 0.25) is 0 Å². The van der Waals surface area contributed by atoms with Gasteiger partial charge >= 0.3 is 12.0 Å². The van der Waals surface area contributed by atoms with E-state index in [0.29, 0.717) is 23.6 Å². The molecular weight excluding hydrogens is 452 g/mol. The molecule has 2 aliphatic rings. The summed E-state index contributed by atoms with van der Waals surface area (Å²) in [6.07, 6.45) is -0.730. The topological polar surface area (TPSA) is 139 Å². The maximum atomic E-state index is 12.5. The molecule has 180 valence electrons. The second-order valence-electron chi connectivity index (χ2n) is 8.46. The monoisotopic (exact) mass is 476 g/mol. The molecule has 4 unspecified atom stereocenters. The summed E-state index contributed by atoms with van der Waals surface area (Å²) in [5, 5.41) is 26.6. The lowest BCUT2D eigenvalue weighted by Crippen LogP contribution is -2.45. The van der Waals surface area contributed by atoms with Crippen LogP contribution >= 0.6 is 0 Å². The largest absolute Gasteiger partial charge is 0.423 e. The molecule has 12 heteroatoms. The molecule has 12 nitrogen and oxygen atoms in total. The highest BCUT2D eigenvalue weighted by molar-refractivity contribution is 5.89. The van der Waals surface area contributed by atoms with Crippen molar-refractivity contribution in [2.75, 3.05) is 37.5 Å². The van der Waals surface area contributed by atoms with Crippen molar-refractivity contribution in [3.8, 4) is 17.8 Å². The number of ether oxygens (including phenoxy) is 3. The Morgan fingerprint density at radius 2 is 2.00 bits per heavy atom. The number of carbonyl (C=O) groups excluding carboxylic acids is 1. The van der Waals surface area contributed by atoms with Gasteiger partial charge in [-0.05, 0) is 40.8 Å². The molecule has 2 aromatic carbocycles. The van der Waals surface area contributed by atoms with Crippen LogP contribution in [0, 0.1) is 11.3 Å². The maximum absolute atomic E-state index is 12.5. The highest BCUT2D eigenvalue weighted by Gasteiger charge is 2.50. The number of nitrogens with one attached hydrogen (secondary N) is 2. The van der Waals surface area contributed by atoms with Crippen molar-refractivity contribution in [3.05, 3.63) is 54.1 Å². The third kappa shape index (κ3) is 4.72. The van der Waals surface area contributed by atoms with Crippen molar-refractivity contribution < 1.29 is 19.0 Å². The minimum atomic E-state index is -0.409. The van der Waals surface area contributed by atoms with Gasteiger partial charge in [-0.15, -0.1) is 0 Å². The molecule has 0 bridgehead atoms. The number of hydrogen-bond acceptors (Lipinski definition) is 9. The molecular formula is C23H24N8O4. The summed E-state index contributed by atoms with van der Waals surface area (Å²) in [6, 6.07) is 15.5. The first-order valence-corrected chi connectivity index (χ1v) is 11.1. The molecule has 2 amide bonds. The van der Waals surface area contributed by atoms with Gasteiger partial charge in [0.15, 0.2) is 0 Å². The van der Waals surface area contributed by atoms with Gasteiger partial charge in [0.05, 0.1) is 30.9 Å². The fourth-order valence-corrected chi connectivity index (χ4v) is 4.21. The molecule has 4 atom stereocenters. The van der Waals surface area contributed by atoms with Crippen molar-refractivity contribution >= 4 is 17.4 Å².